The van der Waals surface area contributed by atoms with Crippen molar-refractivity contribution in [1.82, 2.24) is 5.32 Å². The minimum Gasteiger partial charge on any atom is -0.506 e. The smallest absolute Gasteiger partial charge is 0.407 e. The Balaban J connectivity index is 1.51. The summed E-state index contributed by atoms with van der Waals surface area (Å²) in [7, 11) is 0. The van der Waals surface area contributed by atoms with Crippen molar-refractivity contribution >= 4 is 29.2 Å². The Labute approximate surface area is 220 Å². The number of carbonyl (C=O) groups is 3. The van der Waals surface area contributed by atoms with Crippen molar-refractivity contribution in [3.05, 3.63) is 101 Å². The van der Waals surface area contributed by atoms with Gasteiger partial charge in [-0.05, 0) is 49.2 Å². The van der Waals surface area contributed by atoms with E-state index in [0.717, 1.165) is 5.56 Å². The molecule has 38 heavy (non-hydrogen) atoms. The number of carbonyl (C=O) groups excluding carboxylic acids is 3. The number of alkyl carbamates (subject to hydrolysis) is 1. The minimum atomic E-state index is -0.607. The molecule has 0 radical (unpaired) electrons. The van der Waals surface area contributed by atoms with E-state index in [2.05, 4.69) is 22.1 Å². The summed E-state index contributed by atoms with van der Waals surface area (Å²) in [4.78, 5) is 35.9. The number of phenolic OH excluding ortho intramolecular Hbond substituents is 1. The van der Waals surface area contributed by atoms with E-state index in [1.165, 1.54) is 12.1 Å². The molecule has 0 fully saturated rings. The van der Waals surface area contributed by atoms with Gasteiger partial charge in [0, 0.05) is 23.1 Å². The van der Waals surface area contributed by atoms with Gasteiger partial charge in [-0.25, -0.2) is 9.59 Å². The number of aromatic hydroxyl groups is 1. The molecule has 2 N–H and O–H groups in total. The van der Waals surface area contributed by atoms with Gasteiger partial charge in [0.2, 0.25) is 0 Å². The summed E-state index contributed by atoms with van der Waals surface area (Å²) < 4.78 is 9.99. The molecule has 3 aromatic rings. The summed E-state index contributed by atoms with van der Waals surface area (Å²) in [6.07, 6.45) is -0.121. The van der Waals surface area contributed by atoms with Gasteiger partial charge in [0.25, 0.3) is 0 Å². The molecule has 0 unspecified atom stereocenters. The third-order valence-electron chi connectivity index (χ3n) is 5.39. The van der Waals surface area contributed by atoms with Crippen molar-refractivity contribution in [2.24, 2.45) is 10.2 Å². The van der Waals surface area contributed by atoms with E-state index in [0.29, 0.717) is 28.8 Å². The predicted molar refractivity (Wildman–Crippen MR) is 142 cm³/mol. The molecule has 3 rings (SSSR count). The van der Waals surface area contributed by atoms with Crippen LogP contribution in [0.2, 0.25) is 0 Å². The van der Waals surface area contributed by atoms with E-state index < -0.39 is 12.1 Å². The maximum absolute atomic E-state index is 12.9. The lowest BCUT2D eigenvalue weighted by molar-refractivity contribution is -0.138. The molecular weight excluding hydrogens is 486 g/mol. The Morgan fingerprint density at radius 1 is 0.947 bits per heavy atom. The maximum Gasteiger partial charge on any atom is 0.407 e. The van der Waals surface area contributed by atoms with Crippen molar-refractivity contribution in [1.29, 1.82) is 0 Å². The molecule has 0 spiro atoms. The predicted octanol–water partition coefficient (Wildman–Crippen LogP) is 5.74. The van der Waals surface area contributed by atoms with Crippen LogP contribution in [-0.4, -0.2) is 42.7 Å². The number of phenols is 1. The van der Waals surface area contributed by atoms with Gasteiger partial charge in [-0.15, -0.1) is 5.11 Å². The zero-order valence-electron chi connectivity index (χ0n) is 21.3. The first kappa shape index (κ1) is 27.8. The van der Waals surface area contributed by atoms with E-state index in [4.69, 9.17) is 9.47 Å². The fourth-order valence-electron chi connectivity index (χ4n) is 3.32. The van der Waals surface area contributed by atoms with E-state index in [1.807, 2.05) is 18.2 Å². The Morgan fingerprint density at radius 2 is 1.66 bits per heavy atom. The van der Waals surface area contributed by atoms with E-state index >= 15 is 0 Å². The number of nitrogens with one attached hydrogen (secondary N) is 1. The largest absolute Gasteiger partial charge is 0.506 e. The molecule has 3 aromatic carbocycles. The molecule has 0 heterocycles. The lowest BCUT2D eigenvalue weighted by atomic mass is 9.98. The van der Waals surface area contributed by atoms with Gasteiger partial charge < -0.3 is 19.9 Å². The normalized spacial score (nSPS) is 10.7. The number of hydrogen-bond acceptors (Lipinski definition) is 8. The van der Waals surface area contributed by atoms with Gasteiger partial charge in [-0.1, -0.05) is 49.0 Å². The topological polar surface area (TPSA) is 127 Å². The molecule has 0 aromatic heterocycles. The van der Waals surface area contributed by atoms with Crippen molar-refractivity contribution in [2.45, 2.75) is 20.3 Å². The van der Waals surface area contributed by atoms with Crippen LogP contribution in [0.25, 0.3) is 0 Å². The first-order valence-corrected chi connectivity index (χ1v) is 11.9. The van der Waals surface area contributed by atoms with Crippen LogP contribution in [-0.2, 0) is 20.7 Å². The Morgan fingerprint density at radius 3 is 2.34 bits per heavy atom. The van der Waals surface area contributed by atoms with Crippen LogP contribution in [0.3, 0.4) is 0 Å². The fourth-order valence-corrected chi connectivity index (χ4v) is 3.32. The lowest BCUT2D eigenvalue weighted by Crippen LogP contribution is -2.29. The number of hydrogen-bond donors (Lipinski definition) is 2. The molecule has 9 heteroatoms. The van der Waals surface area contributed by atoms with Gasteiger partial charge in [0.1, 0.15) is 18.0 Å². The summed E-state index contributed by atoms with van der Waals surface area (Å²) >= 11 is 0. The number of azo groups is 1. The highest BCUT2D eigenvalue weighted by Crippen LogP contribution is 2.32. The number of benzene rings is 3. The number of nitrogens with zero attached hydrogens (tertiary/aromatic N) is 2. The summed E-state index contributed by atoms with van der Waals surface area (Å²) in [6.45, 7) is 7.09. The average Bonchev–Trinajstić information content (AvgIpc) is 2.91. The fraction of sp³-hybridized carbons (Fsp3) is 0.207. The highest BCUT2D eigenvalue weighted by atomic mass is 16.6. The van der Waals surface area contributed by atoms with Crippen LogP contribution in [0, 0.1) is 6.92 Å². The van der Waals surface area contributed by atoms with Crippen LogP contribution in [0.15, 0.2) is 89.1 Å². The molecule has 0 aliphatic carbocycles. The summed E-state index contributed by atoms with van der Waals surface area (Å²) in [5, 5.41) is 21.1. The monoisotopic (exact) mass is 515 g/mol. The van der Waals surface area contributed by atoms with Crippen LogP contribution < -0.4 is 5.32 Å². The highest BCUT2D eigenvalue weighted by molar-refractivity contribution is 6.10. The molecule has 0 saturated heterocycles. The van der Waals surface area contributed by atoms with Gasteiger partial charge in [0.05, 0.1) is 18.8 Å². The van der Waals surface area contributed by atoms with Gasteiger partial charge in [0.15, 0.2) is 5.78 Å². The first-order chi connectivity index (χ1) is 18.2. The maximum atomic E-state index is 12.9. The Bertz CT molecular complexity index is 1330. The second-order valence-corrected chi connectivity index (χ2v) is 8.45. The highest BCUT2D eigenvalue weighted by Gasteiger charge is 2.15. The molecule has 0 saturated carbocycles. The Kier molecular flexibility index (Phi) is 9.87. The van der Waals surface area contributed by atoms with Crippen molar-refractivity contribution in [3.63, 3.8) is 0 Å². The molecule has 196 valence electrons. The number of ketones is 1. The third-order valence-corrected chi connectivity index (χ3v) is 5.39. The number of aryl methyl sites for hydroxylation is 1. The summed E-state index contributed by atoms with van der Waals surface area (Å²) in [6, 6.07) is 19.1. The molecule has 0 bridgehead atoms. The standard InChI is InChI=1S/C29H29N3O6/c1-19(2)28(35)37-16-14-30-29(36)38-15-13-21-9-11-23(12-10-21)31-32-25-18-24(20(3)17-26(25)33)27(34)22-7-5-4-6-8-22/h4-12,17-18,33H,1,13-16H2,2-3H3,(H,30,36). The molecule has 0 aliphatic rings. The molecule has 0 atom stereocenters. The average molecular weight is 516 g/mol. The van der Waals surface area contributed by atoms with Crippen LogP contribution >= 0.6 is 0 Å². The summed E-state index contributed by atoms with van der Waals surface area (Å²) in [5.41, 5.74) is 3.57. The van der Waals surface area contributed by atoms with Crippen molar-refractivity contribution in [3.8, 4) is 5.75 Å². The molecule has 9 nitrogen and oxygen atoms in total. The van der Waals surface area contributed by atoms with Crippen molar-refractivity contribution < 1.29 is 29.0 Å². The number of esters is 1. The molecule has 0 aliphatic heterocycles. The number of amides is 1. The quantitative estimate of drug-likeness (QED) is 0.110. The Hall–Kier alpha value is -4.79. The van der Waals surface area contributed by atoms with Gasteiger partial charge in [-0.3, -0.25) is 4.79 Å². The SMILES string of the molecule is C=C(C)C(=O)OCCNC(=O)OCCc1ccc(N=Nc2cc(C(=O)c3ccccc3)c(C)cc2O)cc1. The minimum absolute atomic E-state index is 0.0296. The van der Waals surface area contributed by atoms with Crippen LogP contribution in [0.4, 0.5) is 16.2 Å². The second-order valence-electron chi connectivity index (χ2n) is 8.45. The van der Waals surface area contributed by atoms with E-state index in [1.54, 1.807) is 50.2 Å². The zero-order valence-corrected chi connectivity index (χ0v) is 21.3. The lowest BCUT2D eigenvalue weighted by Gasteiger charge is -2.08. The summed E-state index contributed by atoms with van der Waals surface area (Å²) in [5.74, 6) is -0.746. The second kappa shape index (κ2) is 13.5. The molecule has 1 amide bonds. The number of rotatable bonds is 11. The van der Waals surface area contributed by atoms with E-state index in [9.17, 15) is 19.5 Å². The number of ether oxygens (including phenoxy) is 2. The van der Waals surface area contributed by atoms with E-state index in [-0.39, 0.29) is 42.6 Å². The van der Waals surface area contributed by atoms with Crippen LogP contribution in [0.5, 0.6) is 5.75 Å². The first-order valence-electron chi connectivity index (χ1n) is 11.9. The van der Waals surface area contributed by atoms with Gasteiger partial charge >= 0.3 is 12.1 Å². The van der Waals surface area contributed by atoms with Crippen molar-refractivity contribution in [2.75, 3.05) is 19.8 Å². The van der Waals surface area contributed by atoms with Gasteiger partial charge in [-0.2, -0.15) is 5.11 Å². The zero-order chi connectivity index (χ0) is 27.5. The third kappa shape index (κ3) is 8.12. The molecular formula is C29H29N3O6. The van der Waals surface area contributed by atoms with Crippen LogP contribution in [0.1, 0.15) is 34.0 Å².